The summed E-state index contributed by atoms with van der Waals surface area (Å²) in [6.45, 7) is 0.794. The number of benzene rings is 2. The lowest BCUT2D eigenvalue weighted by molar-refractivity contribution is -0.115. The number of thiocarbonyl (C=S) groups is 1. The van der Waals surface area contributed by atoms with Crippen molar-refractivity contribution in [2.75, 3.05) is 0 Å². The number of hydrogen-bond donors (Lipinski definition) is 1. The van der Waals surface area contributed by atoms with E-state index in [0.717, 1.165) is 23.0 Å². The highest BCUT2D eigenvalue weighted by atomic mass is 32.2. The summed E-state index contributed by atoms with van der Waals surface area (Å²) in [7, 11) is 0. The van der Waals surface area contributed by atoms with Gasteiger partial charge in [-0.1, -0.05) is 72.5 Å². The van der Waals surface area contributed by atoms with Gasteiger partial charge in [-0.15, -0.1) is 0 Å². The summed E-state index contributed by atoms with van der Waals surface area (Å²) in [6.07, 6.45) is 4.02. The molecule has 118 valence electrons. The first-order chi connectivity index (χ1) is 11.7. The molecule has 0 spiro atoms. The van der Waals surface area contributed by atoms with Crippen molar-refractivity contribution < 1.29 is 4.79 Å². The fraction of sp³-hybridized carbons (Fsp3) is 0.0526. The molecule has 0 saturated carbocycles. The van der Waals surface area contributed by atoms with Crippen LogP contribution in [-0.4, -0.2) is 14.8 Å². The van der Waals surface area contributed by atoms with Crippen molar-refractivity contribution in [3.05, 3.63) is 76.8 Å². The van der Waals surface area contributed by atoms with E-state index in [1.54, 1.807) is 0 Å². The van der Waals surface area contributed by atoms with Gasteiger partial charge in [0, 0.05) is 29.2 Å². The zero-order valence-electron chi connectivity index (χ0n) is 12.7. The van der Waals surface area contributed by atoms with Gasteiger partial charge >= 0.3 is 0 Å². The highest BCUT2D eigenvalue weighted by molar-refractivity contribution is 8.26. The lowest BCUT2D eigenvalue weighted by Gasteiger charge is -2.05. The molecule has 3 aromatic rings. The second kappa shape index (κ2) is 6.26. The van der Waals surface area contributed by atoms with Gasteiger partial charge in [0.25, 0.3) is 5.91 Å². The molecule has 5 heteroatoms. The summed E-state index contributed by atoms with van der Waals surface area (Å²) < 4.78 is 2.73. The Kier molecular flexibility index (Phi) is 3.96. The van der Waals surface area contributed by atoms with Gasteiger partial charge in [-0.3, -0.25) is 4.79 Å². The zero-order valence-corrected chi connectivity index (χ0v) is 14.4. The number of nitrogens with zero attached hydrogens (tertiary/aromatic N) is 1. The van der Waals surface area contributed by atoms with Gasteiger partial charge in [0.2, 0.25) is 0 Å². The predicted octanol–water partition coefficient (Wildman–Crippen LogP) is 4.18. The third kappa shape index (κ3) is 2.88. The van der Waals surface area contributed by atoms with Crippen molar-refractivity contribution in [2.45, 2.75) is 6.54 Å². The van der Waals surface area contributed by atoms with Gasteiger partial charge in [0.1, 0.15) is 4.32 Å². The minimum absolute atomic E-state index is 0.120. The molecule has 0 aliphatic carbocycles. The van der Waals surface area contributed by atoms with Crippen molar-refractivity contribution in [3.63, 3.8) is 0 Å². The molecule has 1 aliphatic heterocycles. The lowest BCUT2D eigenvalue weighted by Crippen LogP contribution is -2.17. The molecule has 1 aliphatic rings. The summed E-state index contributed by atoms with van der Waals surface area (Å²) in [6, 6.07) is 18.6. The number of carbonyl (C=O) groups is 1. The molecule has 1 fully saturated rings. The van der Waals surface area contributed by atoms with Crippen molar-refractivity contribution in [2.24, 2.45) is 0 Å². The van der Waals surface area contributed by atoms with E-state index in [4.69, 9.17) is 12.2 Å². The number of fused-ring (bicyclic) bond motifs is 1. The van der Waals surface area contributed by atoms with Gasteiger partial charge in [-0.2, -0.15) is 0 Å². The topological polar surface area (TPSA) is 34.0 Å². The van der Waals surface area contributed by atoms with Crippen molar-refractivity contribution in [1.29, 1.82) is 0 Å². The standard InChI is InChI=1S/C19H14N2OS2/c22-18-17(24-19(23)20-18)10-14-12-21(11-13-6-2-1-3-7-13)16-9-5-4-8-15(14)16/h1-10,12H,11H2,(H,20,22,23)/b17-10-. The van der Waals surface area contributed by atoms with E-state index in [-0.39, 0.29) is 5.91 Å². The van der Waals surface area contributed by atoms with E-state index in [1.807, 2.05) is 36.4 Å². The second-order valence-corrected chi connectivity index (χ2v) is 7.29. The maximum atomic E-state index is 11.9. The third-order valence-corrected chi connectivity index (χ3v) is 5.11. The number of rotatable bonds is 3. The molecule has 3 nitrogen and oxygen atoms in total. The van der Waals surface area contributed by atoms with Gasteiger partial charge < -0.3 is 9.88 Å². The molecule has 0 atom stereocenters. The van der Waals surface area contributed by atoms with Crippen LogP contribution in [0.2, 0.25) is 0 Å². The van der Waals surface area contributed by atoms with E-state index >= 15 is 0 Å². The minimum Gasteiger partial charge on any atom is -0.342 e. The van der Waals surface area contributed by atoms with Crippen LogP contribution in [0.1, 0.15) is 11.1 Å². The molecule has 24 heavy (non-hydrogen) atoms. The van der Waals surface area contributed by atoms with E-state index in [1.165, 1.54) is 17.3 Å². The first-order valence-electron chi connectivity index (χ1n) is 7.57. The Bertz CT molecular complexity index is 973. The molecule has 2 heterocycles. The molecule has 4 rings (SSSR count). The Hall–Kier alpha value is -2.37. The Morgan fingerprint density at radius 1 is 1.08 bits per heavy atom. The third-order valence-electron chi connectivity index (χ3n) is 3.94. The number of thioether (sulfide) groups is 1. The summed E-state index contributed by atoms with van der Waals surface area (Å²) >= 11 is 6.38. The van der Waals surface area contributed by atoms with E-state index in [9.17, 15) is 4.79 Å². The van der Waals surface area contributed by atoms with E-state index in [0.29, 0.717) is 9.23 Å². The normalized spacial score (nSPS) is 16.1. The maximum Gasteiger partial charge on any atom is 0.263 e. The van der Waals surface area contributed by atoms with Crippen molar-refractivity contribution in [3.8, 4) is 0 Å². The van der Waals surface area contributed by atoms with Gasteiger partial charge in [-0.05, 0) is 17.7 Å². The summed E-state index contributed by atoms with van der Waals surface area (Å²) in [5.74, 6) is -0.120. The molecule has 1 amide bonds. The highest BCUT2D eigenvalue weighted by Gasteiger charge is 2.22. The molecule has 0 bridgehead atoms. The van der Waals surface area contributed by atoms with Crippen LogP contribution in [0.15, 0.2) is 65.7 Å². The minimum atomic E-state index is -0.120. The van der Waals surface area contributed by atoms with Crippen LogP contribution in [0.25, 0.3) is 17.0 Å². The van der Waals surface area contributed by atoms with Crippen LogP contribution in [0.4, 0.5) is 0 Å². The number of hydrogen-bond acceptors (Lipinski definition) is 3. The van der Waals surface area contributed by atoms with Crippen LogP contribution in [-0.2, 0) is 11.3 Å². The van der Waals surface area contributed by atoms with E-state index in [2.05, 4.69) is 40.3 Å². The average molecular weight is 350 g/mol. The van der Waals surface area contributed by atoms with Gasteiger partial charge in [0.05, 0.1) is 4.91 Å². The SMILES string of the molecule is O=C1NC(=S)S/C1=C\c1cn(Cc2ccccc2)c2ccccc12. The van der Waals surface area contributed by atoms with Crippen molar-refractivity contribution in [1.82, 2.24) is 9.88 Å². The number of carbonyl (C=O) groups excluding carboxylic acids is 1. The zero-order chi connectivity index (χ0) is 16.5. The lowest BCUT2D eigenvalue weighted by atomic mass is 10.1. The summed E-state index contributed by atoms with van der Waals surface area (Å²) in [5.41, 5.74) is 3.43. The molecular formula is C19H14N2OS2. The van der Waals surface area contributed by atoms with Crippen LogP contribution in [0.5, 0.6) is 0 Å². The molecule has 1 saturated heterocycles. The largest absolute Gasteiger partial charge is 0.342 e. The predicted molar refractivity (Wildman–Crippen MR) is 104 cm³/mol. The maximum absolute atomic E-state index is 11.9. The van der Waals surface area contributed by atoms with Crippen LogP contribution < -0.4 is 5.32 Å². The second-order valence-electron chi connectivity index (χ2n) is 5.57. The molecule has 1 aromatic heterocycles. The summed E-state index contributed by atoms with van der Waals surface area (Å²) in [5, 5.41) is 3.79. The highest BCUT2D eigenvalue weighted by Crippen LogP contribution is 2.30. The Morgan fingerprint density at radius 2 is 1.83 bits per heavy atom. The Morgan fingerprint density at radius 3 is 2.58 bits per heavy atom. The molecule has 2 aromatic carbocycles. The number of nitrogens with one attached hydrogen (secondary N) is 1. The van der Waals surface area contributed by atoms with Gasteiger partial charge in [-0.25, -0.2) is 0 Å². The summed E-state index contributed by atoms with van der Waals surface area (Å²) in [4.78, 5) is 12.6. The first-order valence-corrected chi connectivity index (χ1v) is 8.80. The molecular weight excluding hydrogens is 336 g/mol. The van der Waals surface area contributed by atoms with Crippen LogP contribution in [0.3, 0.4) is 0 Å². The van der Waals surface area contributed by atoms with Crippen LogP contribution >= 0.6 is 24.0 Å². The molecule has 0 unspecified atom stereocenters. The smallest absolute Gasteiger partial charge is 0.263 e. The Labute approximate surface area is 149 Å². The number of para-hydroxylation sites is 1. The van der Waals surface area contributed by atoms with E-state index < -0.39 is 0 Å². The number of amides is 1. The first kappa shape index (κ1) is 15.2. The fourth-order valence-electron chi connectivity index (χ4n) is 2.86. The molecule has 1 N–H and O–H groups in total. The molecule has 0 radical (unpaired) electrons. The quantitative estimate of drug-likeness (QED) is 0.568. The fourth-order valence-corrected chi connectivity index (χ4v) is 3.90. The van der Waals surface area contributed by atoms with Crippen molar-refractivity contribution >= 4 is 51.2 Å². The van der Waals surface area contributed by atoms with Crippen LogP contribution in [0, 0.1) is 0 Å². The monoisotopic (exact) mass is 350 g/mol. The Balaban J connectivity index is 1.78. The van der Waals surface area contributed by atoms with Gasteiger partial charge in [0.15, 0.2) is 0 Å². The average Bonchev–Trinajstić information content (AvgIpc) is 3.09. The number of aromatic nitrogens is 1.